The molecule has 0 amide bonds. The summed E-state index contributed by atoms with van der Waals surface area (Å²) in [6, 6.07) is 3.69. The Hall–Kier alpha value is -2.19. The summed E-state index contributed by atoms with van der Waals surface area (Å²) in [6.45, 7) is 4.70. The molecule has 22 heavy (non-hydrogen) atoms. The van der Waals surface area contributed by atoms with Gasteiger partial charge in [-0.05, 0) is 38.2 Å². The van der Waals surface area contributed by atoms with Crippen LogP contribution in [0.5, 0.6) is 0 Å². The van der Waals surface area contributed by atoms with Gasteiger partial charge in [0.25, 0.3) is 0 Å². The van der Waals surface area contributed by atoms with E-state index >= 15 is 0 Å². The van der Waals surface area contributed by atoms with Crippen molar-refractivity contribution in [2.45, 2.75) is 13.8 Å². The minimum absolute atomic E-state index is 0.536. The second-order valence-corrected chi connectivity index (χ2v) is 6.00. The van der Waals surface area contributed by atoms with E-state index in [-0.39, 0.29) is 0 Å². The lowest BCUT2D eigenvalue weighted by Crippen LogP contribution is -2.28. The van der Waals surface area contributed by atoms with Crippen LogP contribution in [0.1, 0.15) is 11.9 Å². The molecule has 0 radical (unpaired) electrons. The van der Waals surface area contributed by atoms with Gasteiger partial charge >= 0.3 is 0 Å². The Morgan fingerprint density at radius 3 is 2.82 bits per heavy atom. The molecule has 0 aromatic carbocycles. The van der Waals surface area contributed by atoms with Crippen LogP contribution in [0.25, 0.3) is 22.6 Å². The number of hydrogen-bond donors (Lipinski definition) is 2. The molecule has 0 saturated heterocycles. The summed E-state index contributed by atoms with van der Waals surface area (Å²) in [5.74, 6) is 0.638. The number of rotatable bonds is 3. The summed E-state index contributed by atoms with van der Waals surface area (Å²) in [5, 5.41) is 9.54. The molecule has 0 atom stereocenters. The Morgan fingerprint density at radius 1 is 1.23 bits per heavy atom. The summed E-state index contributed by atoms with van der Waals surface area (Å²) in [4.78, 5) is 17.8. The molecular formula is C14H14N6S2. The van der Waals surface area contributed by atoms with Gasteiger partial charge in [-0.25, -0.2) is 15.0 Å². The zero-order valence-electron chi connectivity index (χ0n) is 12.1. The molecule has 2 N–H and O–H groups in total. The van der Waals surface area contributed by atoms with Gasteiger partial charge in [-0.15, -0.1) is 11.3 Å². The van der Waals surface area contributed by atoms with Gasteiger partial charge in [0.05, 0.1) is 11.2 Å². The SMILES string of the molecule is CCNC(=S)Nc1ccc2ncc(-c3csc(C)n3)nc2n1. The van der Waals surface area contributed by atoms with Gasteiger partial charge < -0.3 is 10.6 Å². The lowest BCUT2D eigenvalue weighted by molar-refractivity contribution is 0.978. The number of hydrogen-bond acceptors (Lipinski definition) is 6. The predicted octanol–water partition coefficient (Wildman–Crippen LogP) is 2.76. The Labute approximate surface area is 137 Å². The lowest BCUT2D eigenvalue weighted by Gasteiger charge is -2.08. The summed E-state index contributed by atoms with van der Waals surface area (Å²) in [5.41, 5.74) is 2.83. The lowest BCUT2D eigenvalue weighted by atomic mass is 10.3. The number of thiocarbonyl (C=S) groups is 1. The minimum Gasteiger partial charge on any atom is -0.363 e. The third-order valence-electron chi connectivity index (χ3n) is 2.87. The molecule has 0 bridgehead atoms. The second-order valence-electron chi connectivity index (χ2n) is 4.53. The number of nitrogens with one attached hydrogen (secondary N) is 2. The number of anilines is 1. The molecule has 6 nitrogen and oxygen atoms in total. The van der Waals surface area contributed by atoms with Crippen molar-refractivity contribution in [3.8, 4) is 11.4 Å². The van der Waals surface area contributed by atoms with Gasteiger partial charge in [0.1, 0.15) is 22.7 Å². The first-order valence-electron chi connectivity index (χ1n) is 6.77. The van der Waals surface area contributed by atoms with Crippen molar-refractivity contribution in [2.24, 2.45) is 0 Å². The maximum absolute atomic E-state index is 5.16. The molecule has 0 saturated carbocycles. The molecule has 0 fully saturated rings. The van der Waals surface area contributed by atoms with Gasteiger partial charge in [0.15, 0.2) is 10.8 Å². The van der Waals surface area contributed by atoms with Crippen molar-refractivity contribution in [2.75, 3.05) is 11.9 Å². The first kappa shape index (κ1) is 14.7. The average molecular weight is 330 g/mol. The molecule has 8 heteroatoms. The van der Waals surface area contributed by atoms with E-state index in [4.69, 9.17) is 12.2 Å². The van der Waals surface area contributed by atoms with Gasteiger partial charge in [-0.2, -0.15) is 0 Å². The van der Waals surface area contributed by atoms with Crippen LogP contribution < -0.4 is 10.6 Å². The van der Waals surface area contributed by atoms with Crippen molar-refractivity contribution in [1.29, 1.82) is 0 Å². The Bertz CT molecular complexity index is 829. The van der Waals surface area contributed by atoms with E-state index in [9.17, 15) is 0 Å². The molecule has 3 aromatic rings. The topological polar surface area (TPSA) is 75.6 Å². The highest BCUT2D eigenvalue weighted by Gasteiger charge is 2.08. The fourth-order valence-electron chi connectivity index (χ4n) is 1.89. The normalized spacial score (nSPS) is 10.6. The smallest absolute Gasteiger partial charge is 0.180 e. The fourth-order valence-corrected chi connectivity index (χ4v) is 2.75. The molecule has 3 aromatic heterocycles. The van der Waals surface area contributed by atoms with Crippen molar-refractivity contribution in [3.05, 3.63) is 28.7 Å². The second kappa shape index (κ2) is 6.29. The molecule has 0 aliphatic heterocycles. The van der Waals surface area contributed by atoms with Crippen LogP contribution in [-0.4, -0.2) is 31.6 Å². The van der Waals surface area contributed by atoms with Crippen LogP contribution in [0.2, 0.25) is 0 Å². The predicted molar refractivity (Wildman–Crippen MR) is 93.1 cm³/mol. The summed E-state index contributed by atoms with van der Waals surface area (Å²) in [6.07, 6.45) is 1.72. The summed E-state index contributed by atoms with van der Waals surface area (Å²) >= 11 is 6.74. The zero-order chi connectivity index (χ0) is 15.5. The zero-order valence-corrected chi connectivity index (χ0v) is 13.8. The van der Waals surface area contributed by atoms with E-state index in [1.54, 1.807) is 17.5 Å². The van der Waals surface area contributed by atoms with E-state index in [2.05, 4.69) is 30.6 Å². The highest BCUT2D eigenvalue weighted by Crippen LogP contribution is 2.21. The number of aryl methyl sites for hydroxylation is 1. The highest BCUT2D eigenvalue weighted by molar-refractivity contribution is 7.80. The number of nitrogens with zero attached hydrogens (tertiary/aromatic N) is 4. The van der Waals surface area contributed by atoms with Gasteiger partial charge in [0, 0.05) is 11.9 Å². The summed E-state index contributed by atoms with van der Waals surface area (Å²) in [7, 11) is 0. The molecule has 0 aliphatic carbocycles. The molecule has 0 unspecified atom stereocenters. The van der Waals surface area contributed by atoms with E-state index in [0.717, 1.165) is 28.5 Å². The van der Waals surface area contributed by atoms with E-state index in [1.807, 2.05) is 31.4 Å². The van der Waals surface area contributed by atoms with E-state index in [0.29, 0.717) is 16.6 Å². The number of fused-ring (bicyclic) bond motifs is 1. The quantitative estimate of drug-likeness (QED) is 0.715. The third-order valence-corrected chi connectivity index (χ3v) is 3.89. The van der Waals surface area contributed by atoms with Gasteiger partial charge in [0.2, 0.25) is 0 Å². The number of thiazole rings is 1. The van der Waals surface area contributed by atoms with Crippen LogP contribution in [0.15, 0.2) is 23.7 Å². The largest absolute Gasteiger partial charge is 0.363 e. The maximum atomic E-state index is 5.16. The number of pyridine rings is 1. The van der Waals surface area contributed by atoms with Crippen LogP contribution in [0.4, 0.5) is 5.82 Å². The fraction of sp³-hybridized carbons (Fsp3) is 0.214. The molecule has 3 heterocycles. The van der Waals surface area contributed by atoms with Gasteiger partial charge in [-0.1, -0.05) is 0 Å². The average Bonchev–Trinajstić information content (AvgIpc) is 2.93. The van der Waals surface area contributed by atoms with E-state index in [1.165, 1.54) is 0 Å². The molecule has 112 valence electrons. The summed E-state index contributed by atoms with van der Waals surface area (Å²) < 4.78 is 0. The highest BCUT2D eigenvalue weighted by atomic mass is 32.1. The van der Waals surface area contributed by atoms with E-state index < -0.39 is 0 Å². The first-order chi connectivity index (χ1) is 10.7. The Morgan fingerprint density at radius 2 is 2.09 bits per heavy atom. The third kappa shape index (κ3) is 3.18. The molecule has 3 rings (SSSR count). The molecular weight excluding hydrogens is 316 g/mol. The standard InChI is InChI=1S/C14H14N6S2/c1-3-15-14(21)20-12-5-4-9-13(19-12)18-10(6-16-9)11-7-22-8(2)17-11/h4-7H,3H2,1-2H3,(H2,15,18,19,20,21). The van der Waals surface area contributed by atoms with Crippen molar-refractivity contribution < 1.29 is 0 Å². The van der Waals surface area contributed by atoms with Crippen molar-refractivity contribution >= 4 is 45.6 Å². The van der Waals surface area contributed by atoms with Crippen LogP contribution in [-0.2, 0) is 0 Å². The first-order valence-corrected chi connectivity index (χ1v) is 8.05. The van der Waals surface area contributed by atoms with Crippen LogP contribution >= 0.6 is 23.6 Å². The monoisotopic (exact) mass is 330 g/mol. The van der Waals surface area contributed by atoms with Crippen LogP contribution in [0.3, 0.4) is 0 Å². The van der Waals surface area contributed by atoms with Gasteiger partial charge in [-0.3, -0.25) is 4.98 Å². The maximum Gasteiger partial charge on any atom is 0.180 e. The Balaban J connectivity index is 1.94. The van der Waals surface area contributed by atoms with Crippen molar-refractivity contribution in [1.82, 2.24) is 25.3 Å². The minimum atomic E-state index is 0.536. The molecule has 0 aliphatic rings. The molecule has 0 spiro atoms. The Kier molecular flexibility index (Phi) is 4.21. The van der Waals surface area contributed by atoms with Crippen molar-refractivity contribution in [3.63, 3.8) is 0 Å². The number of aromatic nitrogens is 4. The van der Waals surface area contributed by atoms with Crippen LogP contribution in [0, 0.1) is 6.92 Å².